The molecular formula is C24H26N6O. The molecule has 31 heavy (non-hydrogen) atoms. The van der Waals surface area contributed by atoms with Crippen LogP contribution < -0.4 is 0 Å². The van der Waals surface area contributed by atoms with Crippen molar-refractivity contribution in [3.63, 3.8) is 0 Å². The van der Waals surface area contributed by atoms with Crippen LogP contribution in [-0.4, -0.2) is 48.0 Å². The molecule has 158 valence electrons. The Morgan fingerprint density at radius 1 is 1.10 bits per heavy atom. The molecule has 1 saturated carbocycles. The van der Waals surface area contributed by atoms with Crippen LogP contribution >= 0.6 is 0 Å². The molecule has 7 heteroatoms. The lowest BCUT2D eigenvalue weighted by Crippen LogP contribution is -2.35. The van der Waals surface area contributed by atoms with Gasteiger partial charge < -0.3 is 14.0 Å². The first-order valence-corrected chi connectivity index (χ1v) is 11.3. The van der Waals surface area contributed by atoms with E-state index in [9.17, 15) is 4.79 Å². The van der Waals surface area contributed by atoms with Crippen molar-refractivity contribution in [2.24, 2.45) is 13.0 Å². The minimum Gasteiger partial charge on any atom is -0.339 e. The number of amides is 1. The van der Waals surface area contributed by atoms with E-state index >= 15 is 0 Å². The standard InChI is InChI=1S/C24H26N6O/c1-28-22-19(12-18(14-26-22)24(31)29-10-3-2-4-11-29)27-23(28)20-13-17-6-5-9-25-21(17)30(20)15-16-7-8-16/h5-6,9,12-14,16H,2-4,7-8,10-11,15H2,1H3. The predicted molar refractivity (Wildman–Crippen MR) is 120 cm³/mol. The molecule has 2 aliphatic rings. The molecule has 0 N–H and O–H groups in total. The van der Waals surface area contributed by atoms with Crippen LogP contribution in [0, 0.1) is 5.92 Å². The number of nitrogens with zero attached hydrogens (tertiary/aromatic N) is 6. The summed E-state index contributed by atoms with van der Waals surface area (Å²) in [4.78, 5) is 29.1. The minimum atomic E-state index is 0.0633. The summed E-state index contributed by atoms with van der Waals surface area (Å²) in [7, 11) is 2.00. The van der Waals surface area contributed by atoms with E-state index in [0.29, 0.717) is 5.56 Å². The molecule has 0 aromatic carbocycles. The first kappa shape index (κ1) is 18.5. The van der Waals surface area contributed by atoms with Crippen molar-refractivity contribution in [3.05, 3.63) is 42.2 Å². The Kier molecular flexibility index (Phi) is 4.30. The number of pyridine rings is 2. The van der Waals surface area contributed by atoms with Crippen LogP contribution in [0.3, 0.4) is 0 Å². The second kappa shape index (κ2) is 7.18. The Balaban J connectivity index is 1.44. The first-order valence-electron chi connectivity index (χ1n) is 11.3. The van der Waals surface area contributed by atoms with E-state index in [1.54, 1.807) is 6.20 Å². The number of hydrogen-bond donors (Lipinski definition) is 0. The highest BCUT2D eigenvalue weighted by molar-refractivity contribution is 5.97. The van der Waals surface area contributed by atoms with Gasteiger partial charge in [0.2, 0.25) is 0 Å². The van der Waals surface area contributed by atoms with Gasteiger partial charge >= 0.3 is 0 Å². The second-order valence-corrected chi connectivity index (χ2v) is 8.91. The number of imidazole rings is 1. The molecule has 6 rings (SSSR count). The molecule has 1 amide bonds. The summed E-state index contributed by atoms with van der Waals surface area (Å²) in [5.74, 6) is 1.65. The average Bonchev–Trinajstić information content (AvgIpc) is 3.48. The van der Waals surface area contributed by atoms with E-state index in [1.807, 2.05) is 34.8 Å². The van der Waals surface area contributed by atoms with Gasteiger partial charge in [0.05, 0.1) is 11.3 Å². The average molecular weight is 415 g/mol. The number of carbonyl (C=O) groups is 1. The summed E-state index contributed by atoms with van der Waals surface area (Å²) >= 11 is 0. The van der Waals surface area contributed by atoms with Crippen LogP contribution in [-0.2, 0) is 13.6 Å². The SMILES string of the molecule is Cn1c(-c2cc3cccnc3n2CC2CC2)nc2cc(C(=O)N3CCCCC3)cnc21. The molecule has 0 unspecified atom stereocenters. The molecule has 7 nitrogen and oxygen atoms in total. The van der Waals surface area contributed by atoms with Crippen LogP contribution in [0.5, 0.6) is 0 Å². The minimum absolute atomic E-state index is 0.0633. The highest BCUT2D eigenvalue weighted by Crippen LogP contribution is 2.35. The van der Waals surface area contributed by atoms with Crippen molar-refractivity contribution in [2.45, 2.75) is 38.6 Å². The molecule has 1 saturated heterocycles. The third-order valence-corrected chi connectivity index (χ3v) is 6.62. The van der Waals surface area contributed by atoms with Crippen LogP contribution in [0.2, 0.25) is 0 Å². The Morgan fingerprint density at radius 3 is 2.74 bits per heavy atom. The Bertz CT molecular complexity index is 1290. The number of aromatic nitrogens is 5. The van der Waals surface area contributed by atoms with Gasteiger partial charge in [-0.15, -0.1) is 0 Å². The second-order valence-electron chi connectivity index (χ2n) is 8.91. The van der Waals surface area contributed by atoms with Crippen LogP contribution in [0.1, 0.15) is 42.5 Å². The van der Waals surface area contributed by atoms with E-state index < -0.39 is 0 Å². The molecule has 1 aliphatic heterocycles. The topological polar surface area (TPSA) is 68.8 Å². The molecule has 0 bridgehead atoms. The van der Waals surface area contributed by atoms with Crippen molar-refractivity contribution >= 4 is 28.1 Å². The molecule has 0 atom stereocenters. The maximum absolute atomic E-state index is 12.9. The zero-order valence-corrected chi connectivity index (χ0v) is 17.8. The molecule has 0 radical (unpaired) electrons. The van der Waals surface area contributed by atoms with Crippen molar-refractivity contribution < 1.29 is 4.79 Å². The number of likely N-dealkylation sites (tertiary alicyclic amines) is 1. The third-order valence-electron chi connectivity index (χ3n) is 6.62. The van der Waals surface area contributed by atoms with Gasteiger partial charge in [0, 0.05) is 44.5 Å². The Hall–Kier alpha value is -3.22. The summed E-state index contributed by atoms with van der Waals surface area (Å²) in [6.45, 7) is 2.63. The molecular weight excluding hydrogens is 388 g/mol. The van der Waals surface area contributed by atoms with Crippen molar-refractivity contribution in [1.29, 1.82) is 0 Å². The van der Waals surface area contributed by atoms with Crippen LogP contribution in [0.15, 0.2) is 36.7 Å². The lowest BCUT2D eigenvalue weighted by atomic mass is 10.1. The van der Waals surface area contributed by atoms with Gasteiger partial charge in [-0.25, -0.2) is 15.0 Å². The molecule has 4 aromatic heterocycles. The van der Waals surface area contributed by atoms with E-state index in [1.165, 1.54) is 19.3 Å². The van der Waals surface area contributed by atoms with Gasteiger partial charge in [-0.3, -0.25) is 4.79 Å². The maximum atomic E-state index is 12.9. The lowest BCUT2D eigenvalue weighted by Gasteiger charge is -2.26. The highest BCUT2D eigenvalue weighted by atomic mass is 16.2. The van der Waals surface area contributed by atoms with E-state index in [0.717, 1.165) is 72.1 Å². The lowest BCUT2D eigenvalue weighted by molar-refractivity contribution is 0.0724. The van der Waals surface area contributed by atoms with Crippen molar-refractivity contribution in [3.8, 4) is 11.5 Å². The van der Waals surface area contributed by atoms with Crippen LogP contribution in [0.4, 0.5) is 0 Å². The van der Waals surface area contributed by atoms with Gasteiger partial charge in [-0.05, 0) is 62.3 Å². The van der Waals surface area contributed by atoms with Gasteiger partial charge in [-0.2, -0.15) is 0 Å². The monoisotopic (exact) mass is 414 g/mol. The van der Waals surface area contributed by atoms with E-state index in [4.69, 9.17) is 4.98 Å². The summed E-state index contributed by atoms with van der Waals surface area (Å²) in [5, 5.41) is 1.12. The molecule has 4 aromatic rings. The molecule has 1 aliphatic carbocycles. The van der Waals surface area contributed by atoms with Crippen molar-refractivity contribution in [2.75, 3.05) is 13.1 Å². The predicted octanol–water partition coefficient (Wildman–Crippen LogP) is 4.02. The summed E-state index contributed by atoms with van der Waals surface area (Å²) in [5.41, 5.74) is 4.24. The van der Waals surface area contributed by atoms with Gasteiger partial charge in [-0.1, -0.05) is 0 Å². The van der Waals surface area contributed by atoms with Crippen LogP contribution in [0.25, 0.3) is 33.7 Å². The number of fused-ring (bicyclic) bond motifs is 2. The fourth-order valence-corrected chi connectivity index (χ4v) is 4.72. The van der Waals surface area contributed by atoms with Crippen molar-refractivity contribution in [1.82, 2.24) is 29.0 Å². The van der Waals surface area contributed by atoms with Gasteiger partial charge in [0.25, 0.3) is 5.91 Å². The number of rotatable bonds is 4. The fraction of sp³-hybridized carbons (Fsp3) is 0.417. The highest BCUT2D eigenvalue weighted by Gasteiger charge is 2.26. The first-order chi connectivity index (χ1) is 15.2. The normalized spacial score (nSPS) is 17.0. The number of piperidine rings is 1. The summed E-state index contributed by atoms with van der Waals surface area (Å²) in [6.07, 6.45) is 9.46. The fourth-order valence-electron chi connectivity index (χ4n) is 4.72. The zero-order valence-electron chi connectivity index (χ0n) is 17.8. The summed E-state index contributed by atoms with van der Waals surface area (Å²) < 4.78 is 4.33. The smallest absolute Gasteiger partial charge is 0.255 e. The summed E-state index contributed by atoms with van der Waals surface area (Å²) in [6, 6.07) is 8.15. The third kappa shape index (κ3) is 3.19. The Labute approximate surface area is 180 Å². The zero-order chi connectivity index (χ0) is 20.9. The molecule has 2 fully saturated rings. The van der Waals surface area contributed by atoms with E-state index in [-0.39, 0.29) is 5.91 Å². The van der Waals surface area contributed by atoms with E-state index in [2.05, 4.69) is 26.7 Å². The number of aryl methyl sites for hydroxylation is 1. The number of hydrogen-bond acceptors (Lipinski definition) is 4. The largest absolute Gasteiger partial charge is 0.339 e. The van der Waals surface area contributed by atoms with Gasteiger partial charge in [0.15, 0.2) is 11.5 Å². The molecule has 0 spiro atoms. The number of carbonyl (C=O) groups excluding carboxylic acids is 1. The quantitative estimate of drug-likeness (QED) is 0.506. The Morgan fingerprint density at radius 2 is 1.94 bits per heavy atom. The van der Waals surface area contributed by atoms with Gasteiger partial charge in [0.1, 0.15) is 11.2 Å². The molecule has 5 heterocycles. The maximum Gasteiger partial charge on any atom is 0.255 e.